The molecule has 7 nitrogen and oxygen atoms in total. The van der Waals surface area contributed by atoms with E-state index in [1.807, 2.05) is 32.9 Å². The summed E-state index contributed by atoms with van der Waals surface area (Å²) < 4.78 is 25.5. The number of hydrogen-bond acceptors (Lipinski definition) is 8. The quantitative estimate of drug-likeness (QED) is 0.488. The number of anilines is 2. The second-order valence-corrected chi connectivity index (χ2v) is 12.5. The number of nitrogens with one attached hydrogen (secondary N) is 1. The Kier molecular flexibility index (Phi) is 5.64. The fourth-order valence-corrected chi connectivity index (χ4v) is 6.00. The number of aryl methyl sites for hydroxylation is 2. The van der Waals surface area contributed by atoms with Gasteiger partial charge in [-0.3, -0.25) is 14.8 Å². The topological polar surface area (TPSA) is 101 Å². The number of benzene rings is 1. The maximum atomic E-state index is 12.8. The highest BCUT2D eigenvalue weighted by molar-refractivity contribution is 7.90. The minimum atomic E-state index is -3.54. The number of thiazole rings is 1. The number of sulfone groups is 1. The van der Waals surface area contributed by atoms with Crippen molar-refractivity contribution >= 4 is 49.7 Å². The Morgan fingerprint density at radius 3 is 2.53 bits per heavy atom. The molecule has 2 aliphatic rings. The molecule has 0 bridgehead atoms. The van der Waals surface area contributed by atoms with Gasteiger partial charge in [0, 0.05) is 41.2 Å². The Balaban J connectivity index is 1.56. The van der Waals surface area contributed by atoms with Crippen LogP contribution in [0.4, 0.5) is 17.1 Å². The van der Waals surface area contributed by atoms with Crippen LogP contribution in [-0.4, -0.2) is 36.1 Å². The van der Waals surface area contributed by atoms with Gasteiger partial charge in [-0.2, -0.15) is 0 Å². The first-order valence-corrected chi connectivity index (χ1v) is 13.9. The first-order valence-electron chi connectivity index (χ1n) is 11.2. The molecule has 5 rings (SSSR count). The van der Waals surface area contributed by atoms with Gasteiger partial charge in [0.2, 0.25) is 0 Å². The van der Waals surface area contributed by atoms with E-state index < -0.39 is 9.84 Å². The summed E-state index contributed by atoms with van der Waals surface area (Å²) in [4.78, 5) is 27.6. The van der Waals surface area contributed by atoms with Crippen molar-refractivity contribution in [2.45, 2.75) is 51.3 Å². The second-order valence-electron chi connectivity index (χ2n) is 9.14. The maximum Gasteiger partial charge on any atom is 0.177 e. The van der Waals surface area contributed by atoms with E-state index in [1.165, 1.54) is 6.26 Å². The van der Waals surface area contributed by atoms with Crippen LogP contribution in [0, 0.1) is 19.8 Å². The smallest absolute Gasteiger partial charge is 0.177 e. The average molecular weight is 495 g/mol. The van der Waals surface area contributed by atoms with Gasteiger partial charge in [0.05, 0.1) is 38.4 Å². The summed E-state index contributed by atoms with van der Waals surface area (Å²) in [5.41, 5.74) is 5.82. The molecule has 1 aliphatic carbocycles. The Morgan fingerprint density at radius 2 is 1.88 bits per heavy atom. The van der Waals surface area contributed by atoms with Gasteiger partial charge < -0.3 is 5.32 Å². The van der Waals surface area contributed by atoms with Crippen LogP contribution >= 0.6 is 11.3 Å². The van der Waals surface area contributed by atoms with Crippen molar-refractivity contribution in [1.82, 2.24) is 9.97 Å². The van der Waals surface area contributed by atoms with E-state index in [9.17, 15) is 13.2 Å². The number of rotatable bonds is 7. The zero-order valence-corrected chi connectivity index (χ0v) is 21.2. The zero-order valence-electron chi connectivity index (χ0n) is 19.6. The predicted molar refractivity (Wildman–Crippen MR) is 136 cm³/mol. The average Bonchev–Trinajstić information content (AvgIpc) is 3.45. The molecule has 0 radical (unpaired) electrons. The predicted octanol–water partition coefficient (Wildman–Crippen LogP) is 5.14. The minimum absolute atomic E-state index is 0.159. The van der Waals surface area contributed by atoms with Gasteiger partial charge in [-0.1, -0.05) is 6.07 Å². The molecule has 0 saturated heterocycles. The lowest BCUT2D eigenvalue weighted by atomic mass is 10.1. The second kappa shape index (κ2) is 8.39. The number of carbonyl (C=O) groups excluding carboxylic acids is 1. The minimum Gasteiger partial charge on any atom is -0.353 e. The number of aliphatic imine (C=N–C) groups is 1. The highest BCUT2D eigenvalue weighted by Gasteiger charge is 2.30. The van der Waals surface area contributed by atoms with Gasteiger partial charge in [0.15, 0.2) is 9.84 Å². The number of ketones is 1. The molecular weight excluding hydrogens is 468 g/mol. The van der Waals surface area contributed by atoms with Crippen molar-refractivity contribution < 1.29 is 13.2 Å². The summed E-state index contributed by atoms with van der Waals surface area (Å²) in [5.74, 6) is 0.371. The fourth-order valence-electron chi connectivity index (χ4n) is 4.31. The van der Waals surface area contributed by atoms with E-state index in [4.69, 9.17) is 4.98 Å². The van der Waals surface area contributed by atoms with E-state index in [-0.39, 0.29) is 23.0 Å². The third kappa shape index (κ3) is 4.54. The number of pyridine rings is 1. The fraction of sp³-hybridized carbons (Fsp3) is 0.360. The molecule has 2 aromatic heterocycles. The first-order chi connectivity index (χ1) is 16.1. The van der Waals surface area contributed by atoms with Crippen molar-refractivity contribution in [1.29, 1.82) is 0 Å². The molecule has 1 aliphatic heterocycles. The molecule has 0 atom stereocenters. The molecule has 34 heavy (non-hydrogen) atoms. The molecular formula is C25H26N4O3S2. The van der Waals surface area contributed by atoms with E-state index in [2.05, 4.69) is 15.3 Å². The Hall–Kier alpha value is -2.91. The summed E-state index contributed by atoms with van der Waals surface area (Å²) in [6, 6.07) is 7.15. The molecule has 1 saturated carbocycles. The third-order valence-electron chi connectivity index (χ3n) is 6.06. The Bertz CT molecular complexity index is 1470. The van der Waals surface area contributed by atoms with Crippen molar-refractivity contribution in [3.05, 3.63) is 45.5 Å². The van der Waals surface area contributed by atoms with Crippen LogP contribution in [0.5, 0.6) is 0 Å². The molecule has 1 aromatic carbocycles. The largest absolute Gasteiger partial charge is 0.353 e. The Morgan fingerprint density at radius 1 is 1.12 bits per heavy atom. The van der Waals surface area contributed by atoms with Crippen molar-refractivity contribution in [2.75, 3.05) is 11.6 Å². The van der Waals surface area contributed by atoms with Crippen LogP contribution in [0.15, 0.2) is 34.2 Å². The molecule has 3 aromatic rings. The first kappa shape index (κ1) is 22.9. The summed E-state index contributed by atoms with van der Waals surface area (Å²) in [6.45, 7) is 5.86. The molecule has 1 N–H and O–H groups in total. The maximum absolute atomic E-state index is 12.8. The van der Waals surface area contributed by atoms with Crippen LogP contribution in [0.1, 0.15) is 41.0 Å². The van der Waals surface area contributed by atoms with Gasteiger partial charge in [-0.05, 0) is 51.8 Å². The van der Waals surface area contributed by atoms with E-state index in [0.717, 1.165) is 45.4 Å². The molecule has 1 fully saturated rings. The number of carbonyl (C=O) groups is 1. The summed E-state index contributed by atoms with van der Waals surface area (Å²) in [6.07, 6.45) is 4.02. The summed E-state index contributed by atoms with van der Waals surface area (Å²) in [7, 11) is -3.54. The summed E-state index contributed by atoms with van der Waals surface area (Å²) >= 11 is 1.59. The molecule has 9 heteroatoms. The van der Waals surface area contributed by atoms with Crippen LogP contribution in [-0.2, 0) is 27.5 Å². The number of hydrogen-bond donors (Lipinski definition) is 1. The standard InChI is InChI=1S/C25H26N4O3S2/c1-13-9-20-25(26-13)21(11-18(28-20)12-22(30)16-5-6-16)29-19-8-7-17(10-23(19)34(4,31)32)24-14(2)33-15(3)27-24/h7-8,10-11,16H,5-6,9,12H2,1-4H3,(H,28,29). The number of fused-ring (bicyclic) bond motifs is 1. The van der Waals surface area contributed by atoms with Gasteiger partial charge in [0.1, 0.15) is 11.5 Å². The zero-order chi connectivity index (χ0) is 24.2. The van der Waals surface area contributed by atoms with Crippen LogP contribution < -0.4 is 5.32 Å². The monoisotopic (exact) mass is 494 g/mol. The lowest BCUT2D eigenvalue weighted by molar-refractivity contribution is -0.119. The highest BCUT2D eigenvalue weighted by atomic mass is 32.2. The molecule has 176 valence electrons. The molecule has 0 spiro atoms. The summed E-state index contributed by atoms with van der Waals surface area (Å²) in [5, 5.41) is 4.24. The highest BCUT2D eigenvalue weighted by Crippen LogP contribution is 2.39. The van der Waals surface area contributed by atoms with E-state index in [0.29, 0.717) is 29.2 Å². The number of aromatic nitrogens is 2. The van der Waals surface area contributed by atoms with Crippen LogP contribution in [0.2, 0.25) is 0 Å². The van der Waals surface area contributed by atoms with E-state index in [1.54, 1.807) is 23.5 Å². The lowest BCUT2D eigenvalue weighted by Gasteiger charge is -2.15. The SMILES string of the molecule is CC1=Nc2c(Nc3ccc(-c4nc(C)sc4C)cc3S(C)(=O)=O)cc(CC(=O)C3CC3)nc2C1. The van der Waals surface area contributed by atoms with Gasteiger partial charge in [0.25, 0.3) is 0 Å². The normalized spacial score (nSPS) is 15.2. The van der Waals surface area contributed by atoms with Gasteiger partial charge in [-0.25, -0.2) is 13.4 Å². The van der Waals surface area contributed by atoms with Crippen molar-refractivity contribution in [3.63, 3.8) is 0 Å². The van der Waals surface area contributed by atoms with Gasteiger partial charge >= 0.3 is 0 Å². The van der Waals surface area contributed by atoms with Crippen LogP contribution in [0.25, 0.3) is 11.3 Å². The van der Waals surface area contributed by atoms with Crippen LogP contribution in [0.3, 0.4) is 0 Å². The van der Waals surface area contributed by atoms with Gasteiger partial charge in [-0.15, -0.1) is 11.3 Å². The van der Waals surface area contributed by atoms with Crippen molar-refractivity contribution in [3.8, 4) is 11.3 Å². The Labute approximate surface area is 203 Å². The molecule has 3 heterocycles. The number of Topliss-reactive ketones (excluding diaryl/α,β-unsaturated/α-hetero) is 1. The molecule has 0 unspecified atom stereocenters. The van der Waals surface area contributed by atoms with E-state index >= 15 is 0 Å². The molecule has 0 amide bonds. The third-order valence-corrected chi connectivity index (χ3v) is 8.08. The number of nitrogens with zero attached hydrogens (tertiary/aromatic N) is 3. The lowest BCUT2D eigenvalue weighted by Crippen LogP contribution is -2.09. The van der Waals surface area contributed by atoms with Crippen molar-refractivity contribution in [2.24, 2.45) is 10.9 Å².